The summed E-state index contributed by atoms with van der Waals surface area (Å²) in [6.45, 7) is 6.64. The van der Waals surface area contributed by atoms with E-state index in [-0.39, 0.29) is 22.9 Å². The number of hydrogen-bond acceptors (Lipinski definition) is 3. The minimum atomic E-state index is -0.244. The van der Waals surface area contributed by atoms with E-state index in [0.29, 0.717) is 18.8 Å². The van der Waals surface area contributed by atoms with Crippen molar-refractivity contribution in [2.24, 2.45) is 11.3 Å². The quantitative estimate of drug-likeness (QED) is 0.799. The van der Waals surface area contributed by atoms with Gasteiger partial charge in [-0.1, -0.05) is 6.92 Å². The molecule has 92 valence electrons. The number of rotatable bonds is 3. The molecular formula is C13H22O3. The van der Waals surface area contributed by atoms with Crippen LogP contribution in [0.3, 0.4) is 0 Å². The zero-order valence-electron chi connectivity index (χ0n) is 10.5. The topological polar surface area (TPSA) is 46.5 Å². The van der Waals surface area contributed by atoms with Gasteiger partial charge < -0.3 is 14.6 Å². The van der Waals surface area contributed by atoms with Gasteiger partial charge in [0.05, 0.1) is 18.3 Å². The van der Waals surface area contributed by atoms with Gasteiger partial charge in [-0.3, -0.25) is 0 Å². The van der Waals surface area contributed by atoms with Crippen LogP contribution in [-0.4, -0.2) is 29.2 Å². The highest BCUT2D eigenvalue weighted by atomic mass is 16.5. The van der Waals surface area contributed by atoms with Gasteiger partial charge >= 0.3 is 0 Å². The van der Waals surface area contributed by atoms with Crippen molar-refractivity contribution in [3.63, 3.8) is 0 Å². The number of aliphatic hydroxyl groups excluding tert-OH is 1. The molecule has 3 nitrogen and oxygen atoms in total. The molecule has 0 radical (unpaired) electrons. The molecule has 0 spiro atoms. The Balaban J connectivity index is 2.14. The van der Waals surface area contributed by atoms with Gasteiger partial charge in [-0.2, -0.15) is 0 Å². The third-order valence-corrected chi connectivity index (χ3v) is 4.44. The van der Waals surface area contributed by atoms with E-state index in [9.17, 15) is 9.90 Å². The average Bonchev–Trinajstić information content (AvgIpc) is 2.27. The first kappa shape index (κ1) is 12.1. The Morgan fingerprint density at radius 2 is 2.12 bits per heavy atom. The maximum absolute atomic E-state index is 11.1. The van der Waals surface area contributed by atoms with Crippen LogP contribution in [0.5, 0.6) is 0 Å². The van der Waals surface area contributed by atoms with Crippen molar-refractivity contribution in [1.82, 2.24) is 0 Å². The van der Waals surface area contributed by atoms with Crippen LogP contribution in [0.4, 0.5) is 0 Å². The number of Topliss-reactive ketones (excluding diaryl/α,β-unsaturated/α-hetero) is 1. The molecule has 2 fully saturated rings. The molecule has 1 heterocycles. The molecule has 1 saturated carbocycles. The van der Waals surface area contributed by atoms with Crippen LogP contribution in [0.1, 0.15) is 46.5 Å². The third kappa shape index (κ3) is 1.91. The minimum absolute atomic E-state index is 0.0574. The van der Waals surface area contributed by atoms with Gasteiger partial charge in [0.15, 0.2) is 0 Å². The third-order valence-electron chi connectivity index (χ3n) is 4.44. The van der Waals surface area contributed by atoms with E-state index in [1.807, 2.05) is 0 Å². The van der Waals surface area contributed by atoms with E-state index >= 15 is 0 Å². The number of hydrogen-bond donors (Lipinski definition) is 1. The van der Waals surface area contributed by atoms with Gasteiger partial charge in [0.2, 0.25) is 0 Å². The standard InChI is InChI=1S/C13H22O3/c1-9(14)4-5-11-12(2)6-10(15)7-13(11,3)16-8-12/h10-11,15H,4-8H2,1-3H3/t10-,11-,12+,13+/m1/s1. The fourth-order valence-corrected chi connectivity index (χ4v) is 3.75. The normalized spacial score (nSPS) is 47.0. The van der Waals surface area contributed by atoms with Gasteiger partial charge in [0.25, 0.3) is 0 Å². The van der Waals surface area contributed by atoms with Gasteiger partial charge in [-0.25, -0.2) is 0 Å². The van der Waals surface area contributed by atoms with Gasteiger partial charge in [0, 0.05) is 12.8 Å². The first-order valence-corrected chi connectivity index (χ1v) is 6.17. The van der Waals surface area contributed by atoms with E-state index in [0.717, 1.165) is 19.4 Å². The molecule has 0 aromatic heterocycles. The van der Waals surface area contributed by atoms with Crippen molar-refractivity contribution in [2.45, 2.75) is 58.2 Å². The van der Waals surface area contributed by atoms with E-state index in [1.165, 1.54) is 0 Å². The van der Waals surface area contributed by atoms with Crippen molar-refractivity contribution >= 4 is 5.78 Å². The second-order valence-corrected chi connectivity index (χ2v) is 6.11. The Morgan fingerprint density at radius 3 is 2.69 bits per heavy atom. The number of aliphatic hydroxyl groups is 1. The molecule has 2 rings (SSSR count). The summed E-state index contributed by atoms with van der Waals surface area (Å²) in [4.78, 5) is 11.1. The lowest BCUT2D eigenvalue weighted by atomic mass is 9.61. The molecule has 0 aromatic carbocycles. The lowest BCUT2D eigenvalue weighted by Gasteiger charge is -2.44. The van der Waals surface area contributed by atoms with Crippen molar-refractivity contribution < 1.29 is 14.6 Å². The van der Waals surface area contributed by atoms with Crippen LogP contribution in [0, 0.1) is 11.3 Å². The van der Waals surface area contributed by atoms with Crippen LogP contribution >= 0.6 is 0 Å². The van der Waals surface area contributed by atoms with Crippen molar-refractivity contribution in [2.75, 3.05) is 6.61 Å². The number of carbonyl (C=O) groups is 1. The van der Waals surface area contributed by atoms with E-state index in [2.05, 4.69) is 13.8 Å². The smallest absolute Gasteiger partial charge is 0.129 e. The summed E-state index contributed by atoms with van der Waals surface area (Å²) in [6, 6.07) is 0. The highest BCUT2D eigenvalue weighted by molar-refractivity contribution is 5.75. The van der Waals surface area contributed by atoms with Crippen molar-refractivity contribution in [3.05, 3.63) is 0 Å². The van der Waals surface area contributed by atoms with E-state index in [1.54, 1.807) is 6.92 Å². The van der Waals surface area contributed by atoms with E-state index in [4.69, 9.17) is 4.74 Å². The summed E-state index contributed by atoms with van der Waals surface area (Å²) in [5, 5.41) is 9.87. The Hall–Kier alpha value is -0.410. The molecule has 1 saturated heterocycles. The van der Waals surface area contributed by atoms with Crippen LogP contribution in [0.15, 0.2) is 0 Å². The fraction of sp³-hybridized carbons (Fsp3) is 0.923. The molecule has 4 atom stereocenters. The first-order chi connectivity index (χ1) is 7.36. The molecule has 0 amide bonds. The van der Waals surface area contributed by atoms with Crippen LogP contribution in [-0.2, 0) is 9.53 Å². The molecule has 0 unspecified atom stereocenters. The zero-order chi connectivity index (χ0) is 12.0. The first-order valence-electron chi connectivity index (χ1n) is 6.17. The predicted octanol–water partition coefficient (Wildman–Crippen LogP) is 1.92. The molecule has 16 heavy (non-hydrogen) atoms. The number of carbonyl (C=O) groups excluding carboxylic acids is 1. The molecule has 0 aromatic rings. The maximum atomic E-state index is 11.1. The Kier molecular flexibility index (Phi) is 2.87. The average molecular weight is 226 g/mol. The molecule has 3 heteroatoms. The molecule has 2 aliphatic rings. The van der Waals surface area contributed by atoms with Crippen molar-refractivity contribution in [3.8, 4) is 0 Å². The van der Waals surface area contributed by atoms with Crippen LogP contribution in [0.2, 0.25) is 0 Å². The van der Waals surface area contributed by atoms with Gasteiger partial charge in [-0.15, -0.1) is 0 Å². The zero-order valence-corrected chi connectivity index (χ0v) is 10.5. The monoisotopic (exact) mass is 226 g/mol. The second kappa shape index (κ2) is 3.81. The summed E-state index contributed by atoms with van der Waals surface area (Å²) < 4.78 is 5.91. The lowest BCUT2D eigenvalue weighted by Crippen LogP contribution is -2.46. The summed E-state index contributed by atoms with van der Waals surface area (Å²) in [5.41, 5.74) is -0.163. The molecule has 2 bridgehead atoms. The van der Waals surface area contributed by atoms with Gasteiger partial charge in [0.1, 0.15) is 5.78 Å². The molecule has 1 aliphatic carbocycles. The summed E-state index contributed by atoms with van der Waals surface area (Å²) in [5.74, 6) is 0.657. The van der Waals surface area contributed by atoms with Crippen LogP contribution in [0.25, 0.3) is 0 Å². The minimum Gasteiger partial charge on any atom is -0.393 e. The number of fused-ring (bicyclic) bond motifs is 2. The highest BCUT2D eigenvalue weighted by Crippen LogP contribution is 2.55. The second-order valence-electron chi connectivity index (χ2n) is 6.11. The van der Waals surface area contributed by atoms with Gasteiger partial charge in [-0.05, 0) is 38.0 Å². The summed E-state index contributed by atoms with van der Waals surface area (Å²) in [7, 11) is 0. The number of ketones is 1. The Labute approximate surface area is 97.2 Å². The molecular weight excluding hydrogens is 204 g/mol. The predicted molar refractivity (Wildman–Crippen MR) is 61.1 cm³/mol. The van der Waals surface area contributed by atoms with Crippen LogP contribution < -0.4 is 0 Å². The van der Waals surface area contributed by atoms with Crippen molar-refractivity contribution in [1.29, 1.82) is 0 Å². The largest absolute Gasteiger partial charge is 0.393 e. The maximum Gasteiger partial charge on any atom is 0.129 e. The highest BCUT2D eigenvalue weighted by Gasteiger charge is 2.57. The van der Waals surface area contributed by atoms with E-state index < -0.39 is 0 Å². The lowest BCUT2D eigenvalue weighted by molar-refractivity contribution is -0.118. The molecule has 1 aliphatic heterocycles. The molecule has 1 N–H and O–H groups in total. The summed E-state index contributed by atoms with van der Waals surface area (Å²) >= 11 is 0. The number of ether oxygens (including phenoxy) is 1. The SMILES string of the molecule is CC(=O)CC[C@@H]1[C@]2(C)CO[C@@]1(C)C[C@H](O)C2. The Bertz CT molecular complexity index is 282. The Morgan fingerprint density at radius 1 is 1.44 bits per heavy atom. The fourth-order valence-electron chi connectivity index (χ4n) is 3.75. The summed E-state index contributed by atoms with van der Waals surface area (Å²) in [6.07, 6.45) is 2.81.